The Bertz CT molecular complexity index is 818. The lowest BCUT2D eigenvalue weighted by molar-refractivity contribution is 0.0950. The summed E-state index contributed by atoms with van der Waals surface area (Å²) in [5, 5.41) is 2.60. The Kier molecular flexibility index (Phi) is 5.69. The number of benzene rings is 2. The third kappa shape index (κ3) is 4.62. The summed E-state index contributed by atoms with van der Waals surface area (Å²) in [5.74, 6) is -0.793. The third-order valence-corrected chi connectivity index (χ3v) is 4.89. The standard InChI is InChI=1S/C17H19FN2O3S/c1-12(2)20-24(22,23)15-9-7-13(8-10-15)17(21)19-11-14-5-3-4-6-16(14)18/h3-10,12,20H,11H2,1-2H3,(H,19,21). The maximum atomic E-state index is 13.5. The van der Waals surface area contributed by atoms with Crippen molar-refractivity contribution in [2.24, 2.45) is 0 Å². The van der Waals surface area contributed by atoms with Crippen molar-refractivity contribution in [3.05, 3.63) is 65.5 Å². The van der Waals surface area contributed by atoms with Gasteiger partial charge in [0.1, 0.15) is 5.82 Å². The number of hydrogen-bond donors (Lipinski definition) is 2. The summed E-state index contributed by atoms with van der Waals surface area (Å²) in [6.07, 6.45) is 0. The molecule has 7 heteroatoms. The summed E-state index contributed by atoms with van der Waals surface area (Å²) < 4.78 is 40.0. The average Bonchev–Trinajstić information content (AvgIpc) is 2.53. The summed E-state index contributed by atoms with van der Waals surface area (Å²) in [6, 6.07) is 11.5. The molecule has 0 radical (unpaired) electrons. The maximum Gasteiger partial charge on any atom is 0.251 e. The van der Waals surface area contributed by atoms with Crippen molar-refractivity contribution < 1.29 is 17.6 Å². The van der Waals surface area contributed by atoms with Crippen LogP contribution in [0.25, 0.3) is 0 Å². The smallest absolute Gasteiger partial charge is 0.251 e. The molecule has 0 aliphatic heterocycles. The van der Waals surface area contributed by atoms with Crippen molar-refractivity contribution in [1.29, 1.82) is 0 Å². The van der Waals surface area contributed by atoms with Crippen LogP contribution in [-0.4, -0.2) is 20.4 Å². The first-order chi connectivity index (χ1) is 11.3. The second-order valence-corrected chi connectivity index (χ2v) is 7.29. The molecule has 0 unspecified atom stereocenters. The predicted molar refractivity (Wildman–Crippen MR) is 89.5 cm³/mol. The highest BCUT2D eigenvalue weighted by Gasteiger charge is 2.16. The molecule has 0 saturated heterocycles. The van der Waals surface area contributed by atoms with E-state index in [1.54, 1.807) is 32.0 Å². The third-order valence-electron chi connectivity index (χ3n) is 3.21. The minimum absolute atomic E-state index is 0.0560. The zero-order chi connectivity index (χ0) is 17.7. The van der Waals surface area contributed by atoms with Crippen molar-refractivity contribution in [3.63, 3.8) is 0 Å². The molecule has 2 rings (SSSR count). The lowest BCUT2D eigenvalue weighted by atomic mass is 10.2. The van der Waals surface area contributed by atoms with Gasteiger partial charge in [-0.2, -0.15) is 0 Å². The lowest BCUT2D eigenvalue weighted by Gasteiger charge is -2.10. The molecule has 24 heavy (non-hydrogen) atoms. The maximum absolute atomic E-state index is 13.5. The monoisotopic (exact) mass is 350 g/mol. The van der Waals surface area contributed by atoms with Gasteiger partial charge in [0.05, 0.1) is 4.90 Å². The van der Waals surface area contributed by atoms with Gasteiger partial charge in [-0.05, 0) is 44.2 Å². The van der Waals surface area contributed by atoms with Crippen LogP contribution in [0.2, 0.25) is 0 Å². The van der Waals surface area contributed by atoms with E-state index < -0.39 is 15.9 Å². The van der Waals surface area contributed by atoms with Gasteiger partial charge in [0, 0.05) is 23.7 Å². The van der Waals surface area contributed by atoms with Crippen molar-refractivity contribution >= 4 is 15.9 Å². The topological polar surface area (TPSA) is 75.3 Å². The number of nitrogens with one attached hydrogen (secondary N) is 2. The van der Waals surface area contributed by atoms with Gasteiger partial charge in [0.25, 0.3) is 5.91 Å². The zero-order valence-electron chi connectivity index (χ0n) is 13.4. The first-order valence-corrected chi connectivity index (χ1v) is 8.92. The van der Waals surface area contributed by atoms with Crippen LogP contribution in [-0.2, 0) is 16.6 Å². The fraction of sp³-hybridized carbons (Fsp3) is 0.235. The van der Waals surface area contributed by atoms with E-state index in [9.17, 15) is 17.6 Å². The van der Waals surface area contributed by atoms with Gasteiger partial charge in [-0.25, -0.2) is 17.5 Å². The number of carbonyl (C=O) groups excluding carboxylic acids is 1. The van der Waals surface area contributed by atoms with Crippen molar-refractivity contribution in [2.45, 2.75) is 31.3 Å². The van der Waals surface area contributed by atoms with E-state index in [4.69, 9.17) is 0 Å². The molecule has 0 aliphatic carbocycles. The molecule has 0 bridgehead atoms. The average molecular weight is 350 g/mol. The van der Waals surface area contributed by atoms with Crippen LogP contribution in [0.4, 0.5) is 4.39 Å². The van der Waals surface area contributed by atoms with Gasteiger partial charge in [-0.3, -0.25) is 4.79 Å². The van der Waals surface area contributed by atoms with Crippen molar-refractivity contribution in [3.8, 4) is 0 Å². The first-order valence-electron chi connectivity index (χ1n) is 7.43. The van der Waals surface area contributed by atoms with Crippen LogP contribution in [0, 0.1) is 5.82 Å². The van der Waals surface area contributed by atoms with Gasteiger partial charge >= 0.3 is 0 Å². The molecule has 128 valence electrons. The van der Waals surface area contributed by atoms with Crippen molar-refractivity contribution in [1.82, 2.24) is 10.0 Å². The zero-order valence-corrected chi connectivity index (χ0v) is 14.2. The highest BCUT2D eigenvalue weighted by molar-refractivity contribution is 7.89. The van der Waals surface area contributed by atoms with Gasteiger partial charge in [-0.1, -0.05) is 18.2 Å². The Morgan fingerprint density at radius 2 is 1.71 bits per heavy atom. The summed E-state index contributed by atoms with van der Waals surface area (Å²) in [6.45, 7) is 3.50. The summed E-state index contributed by atoms with van der Waals surface area (Å²) >= 11 is 0. The highest BCUT2D eigenvalue weighted by Crippen LogP contribution is 2.12. The van der Waals surface area contributed by atoms with E-state index in [-0.39, 0.29) is 23.3 Å². The summed E-state index contributed by atoms with van der Waals surface area (Å²) in [5.41, 5.74) is 0.681. The van der Waals surface area contributed by atoms with E-state index in [1.165, 1.54) is 30.3 Å². The van der Waals surface area contributed by atoms with Crippen molar-refractivity contribution in [2.75, 3.05) is 0 Å². The van der Waals surface area contributed by atoms with Crippen LogP contribution in [0.15, 0.2) is 53.4 Å². The molecule has 0 atom stereocenters. The summed E-state index contributed by atoms with van der Waals surface area (Å²) in [4.78, 5) is 12.2. The molecule has 0 spiro atoms. The molecule has 0 fully saturated rings. The Morgan fingerprint density at radius 1 is 1.08 bits per heavy atom. The quantitative estimate of drug-likeness (QED) is 0.840. The first kappa shape index (κ1) is 18.1. The minimum Gasteiger partial charge on any atom is -0.348 e. The Labute approximate surface area is 141 Å². The second kappa shape index (κ2) is 7.55. The number of sulfonamides is 1. The number of carbonyl (C=O) groups is 1. The van der Waals surface area contributed by atoms with Crippen LogP contribution in [0.1, 0.15) is 29.8 Å². The van der Waals surface area contributed by atoms with E-state index in [0.29, 0.717) is 11.1 Å². The molecular formula is C17H19FN2O3S. The van der Waals surface area contributed by atoms with E-state index in [1.807, 2.05) is 0 Å². The highest BCUT2D eigenvalue weighted by atomic mass is 32.2. The Hall–Kier alpha value is -2.25. The molecule has 0 aliphatic rings. The fourth-order valence-electron chi connectivity index (χ4n) is 2.08. The van der Waals surface area contributed by atoms with Crippen LogP contribution < -0.4 is 10.0 Å². The van der Waals surface area contributed by atoms with E-state index >= 15 is 0 Å². The predicted octanol–water partition coefficient (Wildman–Crippen LogP) is 2.44. The Morgan fingerprint density at radius 3 is 2.29 bits per heavy atom. The largest absolute Gasteiger partial charge is 0.348 e. The normalized spacial score (nSPS) is 11.5. The molecule has 2 N–H and O–H groups in total. The molecule has 5 nitrogen and oxygen atoms in total. The molecule has 2 aromatic rings. The molecule has 2 aromatic carbocycles. The number of rotatable bonds is 6. The molecule has 0 heterocycles. The molecule has 0 aromatic heterocycles. The Balaban J connectivity index is 2.05. The number of halogens is 1. The number of amides is 1. The van der Waals surface area contributed by atoms with Crippen LogP contribution in [0.3, 0.4) is 0 Å². The minimum atomic E-state index is -3.59. The van der Waals surface area contributed by atoms with Gasteiger partial charge in [0.15, 0.2) is 0 Å². The van der Waals surface area contributed by atoms with Gasteiger partial charge < -0.3 is 5.32 Å². The van der Waals surface area contributed by atoms with E-state index in [2.05, 4.69) is 10.0 Å². The van der Waals surface area contributed by atoms with Crippen LogP contribution >= 0.6 is 0 Å². The van der Waals surface area contributed by atoms with E-state index in [0.717, 1.165) is 0 Å². The summed E-state index contributed by atoms with van der Waals surface area (Å²) in [7, 11) is -3.59. The second-order valence-electron chi connectivity index (χ2n) is 5.57. The van der Waals surface area contributed by atoms with Crippen LogP contribution in [0.5, 0.6) is 0 Å². The molecule has 0 saturated carbocycles. The molecular weight excluding hydrogens is 331 g/mol. The van der Waals surface area contributed by atoms with Gasteiger partial charge in [0.2, 0.25) is 10.0 Å². The molecule has 1 amide bonds. The van der Waals surface area contributed by atoms with Gasteiger partial charge in [-0.15, -0.1) is 0 Å². The lowest BCUT2D eigenvalue weighted by Crippen LogP contribution is -2.30. The fourth-order valence-corrected chi connectivity index (χ4v) is 3.33. The number of hydrogen-bond acceptors (Lipinski definition) is 3. The SMILES string of the molecule is CC(C)NS(=O)(=O)c1ccc(C(=O)NCc2ccccc2F)cc1.